The number of nitrogens with one attached hydrogen (secondary N) is 1. The number of aromatic nitrogens is 1. The van der Waals surface area contributed by atoms with Gasteiger partial charge in [-0.1, -0.05) is 36.4 Å². The third-order valence-electron chi connectivity index (χ3n) is 4.88. The van der Waals surface area contributed by atoms with Gasteiger partial charge in [0.2, 0.25) is 17.7 Å². The summed E-state index contributed by atoms with van der Waals surface area (Å²) in [5.74, 6) is -0.384. The first-order valence-corrected chi connectivity index (χ1v) is 10.2. The van der Waals surface area contributed by atoms with E-state index in [4.69, 9.17) is 10.5 Å². The van der Waals surface area contributed by atoms with Gasteiger partial charge >= 0.3 is 0 Å². The summed E-state index contributed by atoms with van der Waals surface area (Å²) < 4.78 is 5.63. The van der Waals surface area contributed by atoms with Gasteiger partial charge in [0.05, 0.1) is 18.4 Å². The molecule has 4 rings (SSSR count). The first-order chi connectivity index (χ1) is 16.0. The summed E-state index contributed by atoms with van der Waals surface area (Å²) >= 11 is 0. The average Bonchev–Trinajstić information content (AvgIpc) is 2.82. The average molecular weight is 443 g/mol. The van der Waals surface area contributed by atoms with Crippen LogP contribution in [0.25, 0.3) is 0 Å². The first kappa shape index (κ1) is 21.7. The normalized spacial score (nSPS) is 13.3. The van der Waals surface area contributed by atoms with Gasteiger partial charge in [0, 0.05) is 24.5 Å². The van der Waals surface area contributed by atoms with Crippen LogP contribution in [0.3, 0.4) is 0 Å². The second kappa shape index (κ2) is 9.73. The van der Waals surface area contributed by atoms with Gasteiger partial charge in [0.1, 0.15) is 11.5 Å². The van der Waals surface area contributed by atoms with Crippen molar-refractivity contribution in [2.45, 2.75) is 19.4 Å². The first-order valence-electron chi connectivity index (χ1n) is 10.2. The van der Waals surface area contributed by atoms with Gasteiger partial charge in [0.25, 0.3) is 5.91 Å². The Hall–Kier alpha value is -4.53. The Morgan fingerprint density at radius 3 is 2.58 bits per heavy atom. The SMILES string of the molecule is NC(=O)c1cccc(Oc2ccc(NC(=O)C3=NN(Cc4ccccc4)C(=O)CC3)cn2)c1. The highest BCUT2D eigenvalue weighted by Crippen LogP contribution is 2.22. The van der Waals surface area contributed by atoms with Gasteiger partial charge < -0.3 is 15.8 Å². The number of hydrazone groups is 1. The molecule has 33 heavy (non-hydrogen) atoms. The van der Waals surface area contributed by atoms with Crippen molar-refractivity contribution < 1.29 is 19.1 Å². The molecule has 0 saturated heterocycles. The zero-order chi connectivity index (χ0) is 23.2. The molecule has 1 aliphatic rings. The van der Waals surface area contributed by atoms with E-state index in [1.165, 1.54) is 17.3 Å². The van der Waals surface area contributed by atoms with E-state index in [0.717, 1.165) is 5.56 Å². The zero-order valence-corrected chi connectivity index (χ0v) is 17.6. The number of carbonyl (C=O) groups excluding carboxylic acids is 3. The highest BCUT2D eigenvalue weighted by molar-refractivity contribution is 6.43. The number of ether oxygens (including phenoxy) is 1. The summed E-state index contributed by atoms with van der Waals surface area (Å²) in [7, 11) is 0. The largest absolute Gasteiger partial charge is 0.439 e. The molecule has 3 amide bonds. The van der Waals surface area contributed by atoms with Gasteiger partial charge in [-0.25, -0.2) is 9.99 Å². The summed E-state index contributed by atoms with van der Waals surface area (Å²) in [4.78, 5) is 40.3. The van der Waals surface area contributed by atoms with E-state index < -0.39 is 11.8 Å². The number of anilines is 1. The molecule has 0 spiro atoms. The quantitative estimate of drug-likeness (QED) is 0.580. The van der Waals surface area contributed by atoms with Crippen LogP contribution in [0.1, 0.15) is 28.8 Å². The predicted molar refractivity (Wildman–Crippen MR) is 122 cm³/mol. The third-order valence-corrected chi connectivity index (χ3v) is 4.88. The molecule has 0 unspecified atom stereocenters. The molecule has 3 aromatic rings. The molecular weight excluding hydrogens is 422 g/mol. The van der Waals surface area contributed by atoms with E-state index in [2.05, 4.69) is 15.4 Å². The molecule has 0 fully saturated rings. The van der Waals surface area contributed by atoms with Crippen LogP contribution in [0.15, 0.2) is 78.0 Å². The summed E-state index contributed by atoms with van der Waals surface area (Å²) in [5.41, 5.74) is 7.25. The number of primary amides is 1. The maximum atomic E-state index is 12.7. The van der Waals surface area contributed by atoms with Crippen LogP contribution in [0.2, 0.25) is 0 Å². The molecule has 2 aromatic carbocycles. The van der Waals surface area contributed by atoms with Crippen molar-refractivity contribution in [1.82, 2.24) is 9.99 Å². The van der Waals surface area contributed by atoms with Crippen molar-refractivity contribution >= 4 is 29.1 Å². The Morgan fingerprint density at radius 1 is 1.03 bits per heavy atom. The van der Waals surface area contributed by atoms with Crippen LogP contribution < -0.4 is 15.8 Å². The van der Waals surface area contributed by atoms with Crippen LogP contribution in [0.4, 0.5) is 5.69 Å². The van der Waals surface area contributed by atoms with E-state index in [-0.39, 0.29) is 30.3 Å². The molecule has 0 atom stereocenters. The smallest absolute Gasteiger partial charge is 0.271 e. The number of nitrogens with two attached hydrogens (primary N) is 1. The van der Waals surface area contributed by atoms with Crippen LogP contribution in [0, 0.1) is 0 Å². The number of nitrogens with zero attached hydrogens (tertiary/aromatic N) is 3. The Balaban J connectivity index is 1.40. The number of hydrogen-bond donors (Lipinski definition) is 2. The van der Waals surface area contributed by atoms with Crippen LogP contribution in [-0.4, -0.2) is 33.4 Å². The van der Waals surface area contributed by atoms with Crippen molar-refractivity contribution in [3.8, 4) is 11.6 Å². The monoisotopic (exact) mass is 443 g/mol. The van der Waals surface area contributed by atoms with Crippen LogP contribution >= 0.6 is 0 Å². The summed E-state index contributed by atoms with van der Waals surface area (Å²) in [6.45, 7) is 0.307. The van der Waals surface area contributed by atoms with E-state index in [0.29, 0.717) is 23.5 Å². The van der Waals surface area contributed by atoms with Gasteiger partial charge in [-0.3, -0.25) is 14.4 Å². The van der Waals surface area contributed by atoms with Gasteiger partial charge in [-0.2, -0.15) is 5.10 Å². The van der Waals surface area contributed by atoms with E-state index in [1.54, 1.807) is 30.3 Å². The number of benzene rings is 2. The molecule has 3 N–H and O–H groups in total. The fourth-order valence-electron chi connectivity index (χ4n) is 3.20. The molecule has 2 heterocycles. The molecule has 1 aromatic heterocycles. The topological polar surface area (TPSA) is 127 Å². The lowest BCUT2D eigenvalue weighted by Crippen LogP contribution is -2.36. The number of hydrogen-bond acceptors (Lipinski definition) is 6. The molecule has 0 aliphatic carbocycles. The standard InChI is InChI=1S/C24H21N5O4/c25-23(31)17-7-4-8-19(13-17)33-21-11-9-18(14-26-21)27-24(32)20-10-12-22(30)29(28-20)15-16-5-2-1-3-6-16/h1-9,11,13-14H,10,12,15H2,(H2,25,31)(H,27,32). The second-order valence-electron chi connectivity index (χ2n) is 7.32. The lowest BCUT2D eigenvalue weighted by atomic mass is 10.1. The highest BCUT2D eigenvalue weighted by Gasteiger charge is 2.24. The van der Waals surface area contributed by atoms with Gasteiger partial charge in [-0.05, 0) is 29.8 Å². The van der Waals surface area contributed by atoms with Crippen molar-refractivity contribution in [2.24, 2.45) is 10.8 Å². The molecule has 9 heteroatoms. The Labute approximate surface area is 189 Å². The fraction of sp³-hybridized carbons (Fsp3) is 0.125. The molecule has 0 saturated carbocycles. The summed E-state index contributed by atoms with van der Waals surface area (Å²) in [5, 5.41) is 8.32. The van der Waals surface area contributed by atoms with Gasteiger partial charge in [0.15, 0.2) is 0 Å². The lowest BCUT2D eigenvalue weighted by Gasteiger charge is -2.23. The number of pyridine rings is 1. The summed E-state index contributed by atoms with van der Waals surface area (Å²) in [6, 6.07) is 19.1. The summed E-state index contributed by atoms with van der Waals surface area (Å²) in [6.07, 6.45) is 1.93. The molecular formula is C24H21N5O4. The lowest BCUT2D eigenvalue weighted by molar-refractivity contribution is -0.132. The molecule has 166 valence electrons. The van der Waals surface area contributed by atoms with Crippen molar-refractivity contribution in [3.63, 3.8) is 0 Å². The zero-order valence-electron chi connectivity index (χ0n) is 17.6. The van der Waals surface area contributed by atoms with Crippen LogP contribution in [0.5, 0.6) is 11.6 Å². The fourth-order valence-corrected chi connectivity index (χ4v) is 3.20. The minimum Gasteiger partial charge on any atom is -0.439 e. The van der Waals surface area contributed by atoms with Crippen LogP contribution in [-0.2, 0) is 16.1 Å². The molecule has 1 aliphatic heterocycles. The minimum absolute atomic E-state index is 0.126. The predicted octanol–water partition coefficient (Wildman–Crippen LogP) is 3.09. The molecule has 0 bridgehead atoms. The highest BCUT2D eigenvalue weighted by atomic mass is 16.5. The maximum absolute atomic E-state index is 12.7. The Kier molecular flexibility index (Phi) is 6.40. The molecule has 0 radical (unpaired) electrons. The van der Waals surface area contributed by atoms with Crippen molar-refractivity contribution in [3.05, 3.63) is 84.1 Å². The number of amides is 3. The van der Waals surface area contributed by atoms with E-state index in [9.17, 15) is 14.4 Å². The van der Waals surface area contributed by atoms with Gasteiger partial charge in [-0.15, -0.1) is 0 Å². The van der Waals surface area contributed by atoms with E-state index in [1.807, 2.05) is 30.3 Å². The third kappa shape index (κ3) is 5.59. The number of rotatable bonds is 7. The maximum Gasteiger partial charge on any atom is 0.271 e. The second-order valence-corrected chi connectivity index (χ2v) is 7.32. The Morgan fingerprint density at radius 2 is 1.85 bits per heavy atom. The van der Waals surface area contributed by atoms with Crippen molar-refractivity contribution in [1.29, 1.82) is 0 Å². The Bertz CT molecular complexity index is 1210. The molecule has 9 nitrogen and oxygen atoms in total. The van der Waals surface area contributed by atoms with E-state index >= 15 is 0 Å². The minimum atomic E-state index is -0.555. The number of carbonyl (C=O) groups is 3. The van der Waals surface area contributed by atoms with Crippen molar-refractivity contribution in [2.75, 3.05) is 5.32 Å².